The molecule has 1 aromatic heterocycles. The molecule has 0 unspecified atom stereocenters. The summed E-state index contributed by atoms with van der Waals surface area (Å²) in [6, 6.07) is 5.79. The molecule has 0 aliphatic carbocycles. The molecule has 0 bridgehead atoms. The van der Waals surface area contributed by atoms with Crippen molar-refractivity contribution in [1.29, 1.82) is 0 Å². The van der Waals surface area contributed by atoms with Crippen LogP contribution in [0.25, 0.3) is 17.2 Å². The molecule has 2 aromatic rings. The van der Waals surface area contributed by atoms with Crippen LogP contribution in [0.2, 0.25) is 0 Å². The molecule has 2 rings (SSSR count). The zero-order valence-corrected chi connectivity index (χ0v) is 11.0. The summed E-state index contributed by atoms with van der Waals surface area (Å²) >= 11 is 3.42. The van der Waals surface area contributed by atoms with Gasteiger partial charge in [0.15, 0.2) is 0 Å². The van der Waals surface area contributed by atoms with Crippen LogP contribution < -0.4 is 5.73 Å². The Kier molecular flexibility index (Phi) is 3.84. The number of rotatable bonds is 3. The molecule has 18 heavy (non-hydrogen) atoms. The van der Waals surface area contributed by atoms with Gasteiger partial charge in [0, 0.05) is 28.5 Å². The van der Waals surface area contributed by atoms with Gasteiger partial charge in [-0.15, -0.1) is 0 Å². The summed E-state index contributed by atoms with van der Waals surface area (Å²) in [5.41, 5.74) is 7.84. The highest BCUT2D eigenvalue weighted by atomic mass is 79.9. The van der Waals surface area contributed by atoms with E-state index in [0.29, 0.717) is 0 Å². The summed E-state index contributed by atoms with van der Waals surface area (Å²) in [4.78, 5) is 18.7. The molecule has 0 saturated carbocycles. The number of carbonyl (C=O) groups is 1. The van der Waals surface area contributed by atoms with E-state index in [9.17, 15) is 4.79 Å². The smallest absolute Gasteiger partial charge is 0.241 e. The number of benzene rings is 1. The first-order chi connectivity index (χ1) is 8.66. The monoisotopic (exact) mass is 303 g/mol. The van der Waals surface area contributed by atoms with Crippen molar-refractivity contribution < 1.29 is 4.79 Å². The lowest BCUT2D eigenvalue weighted by Gasteiger charge is -2.04. The van der Waals surface area contributed by atoms with Crippen molar-refractivity contribution in [1.82, 2.24) is 9.97 Å². The van der Waals surface area contributed by atoms with E-state index in [-0.39, 0.29) is 0 Å². The maximum Gasteiger partial charge on any atom is 0.241 e. The lowest BCUT2D eigenvalue weighted by molar-refractivity contribution is -0.113. The third-order valence-electron chi connectivity index (χ3n) is 2.32. The normalized spacial score (nSPS) is 10.7. The number of amides is 1. The average molecular weight is 304 g/mol. The molecule has 0 spiro atoms. The largest absolute Gasteiger partial charge is 0.366 e. The fourth-order valence-corrected chi connectivity index (χ4v) is 1.85. The van der Waals surface area contributed by atoms with Crippen molar-refractivity contribution >= 4 is 27.9 Å². The molecule has 0 radical (unpaired) electrons. The summed E-state index contributed by atoms with van der Waals surface area (Å²) < 4.78 is 0.889. The van der Waals surface area contributed by atoms with Crippen LogP contribution in [-0.2, 0) is 4.79 Å². The van der Waals surface area contributed by atoms with Crippen molar-refractivity contribution in [3.63, 3.8) is 0 Å². The van der Waals surface area contributed by atoms with E-state index in [4.69, 9.17) is 5.73 Å². The second-order valence-corrected chi connectivity index (χ2v) is 4.45. The van der Waals surface area contributed by atoms with Gasteiger partial charge in [-0.3, -0.25) is 4.79 Å². The van der Waals surface area contributed by atoms with Crippen LogP contribution in [0.15, 0.2) is 47.5 Å². The Hall–Kier alpha value is -2.01. The summed E-state index contributed by atoms with van der Waals surface area (Å²) in [6.45, 7) is 0. The van der Waals surface area contributed by atoms with Gasteiger partial charge in [0.2, 0.25) is 5.91 Å². The lowest BCUT2D eigenvalue weighted by atomic mass is 10.1. The highest BCUT2D eigenvalue weighted by Gasteiger charge is 2.02. The Morgan fingerprint density at radius 1 is 1.22 bits per heavy atom. The number of hydrogen-bond donors (Lipinski definition) is 1. The van der Waals surface area contributed by atoms with Crippen molar-refractivity contribution in [3.8, 4) is 11.1 Å². The average Bonchev–Trinajstić information content (AvgIpc) is 2.38. The van der Waals surface area contributed by atoms with E-state index < -0.39 is 5.91 Å². The number of aromatic nitrogens is 2. The first-order valence-electron chi connectivity index (χ1n) is 5.19. The zero-order valence-electron chi connectivity index (χ0n) is 9.38. The van der Waals surface area contributed by atoms with Gasteiger partial charge in [0.25, 0.3) is 0 Å². The molecule has 0 aliphatic rings. The molecule has 0 atom stereocenters. The number of carbonyl (C=O) groups excluding carboxylic acids is 1. The van der Waals surface area contributed by atoms with Gasteiger partial charge in [-0.2, -0.15) is 0 Å². The number of primary amides is 1. The third kappa shape index (κ3) is 3.01. The Labute approximate surface area is 113 Å². The van der Waals surface area contributed by atoms with Crippen LogP contribution in [0.5, 0.6) is 0 Å². The summed E-state index contributed by atoms with van der Waals surface area (Å²) in [5, 5.41) is 0. The summed E-state index contributed by atoms with van der Waals surface area (Å²) in [7, 11) is 0. The number of halogens is 1. The molecular weight excluding hydrogens is 294 g/mol. The van der Waals surface area contributed by atoms with E-state index in [0.717, 1.165) is 21.2 Å². The van der Waals surface area contributed by atoms with E-state index >= 15 is 0 Å². The van der Waals surface area contributed by atoms with Gasteiger partial charge in [0.1, 0.15) is 6.33 Å². The topological polar surface area (TPSA) is 68.9 Å². The van der Waals surface area contributed by atoms with Crippen molar-refractivity contribution in [2.75, 3.05) is 0 Å². The van der Waals surface area contributed by atoms with Gasteiger partial charge < -0.3 is 5.73 Å². The standard InChI is InChI=1S/C13H10BrN3O/c14-12-3-1-9(11-6-16-8-17-7-11)5-10(12)2-4-13(15)18/h1-8H,(H2,15,18). The minimum atomic E-state index is -0.477. The first kappa shape index (κ1) is 12.4. The molecule has 90 valence electrons. The van der Waals surface area contributed by atoms with Gasteiger partial charge in [-0.25, -0.2) is 9.97 Å². The predicted octanol–water partition coefficient (Wildman–Crippen LogP) is 2.40. The van der Waals surface area contributed by atoms with Crippen LogP contribution >= 0.6 is 15.9 Å². The SMILES string of the molecule is NC(=O)C=Cc1cc(-c2cncnc2)ccc1Br. The highest BCUT2D eigenvalue weighted by molar-refractivity contribution is 9.10. The molecule has 2 N–H and O–H groups in total. The molecule has 0 saturated heterocycles. The first-order valence-corrected chi connectivity index (χ1v) is 5.98. The fourth-order valence-electron chi connectivity index (χ4n) is 1.47. The Morgan fingerprint density at radius 2 is 1.94 bits per heavy atom. The quantitative estimate of drug-likeness (QED) is 0.885. The second kappa shape index (κ2) is 5.55. The van der Waals surface area contributed by atoms with Crippen molar-refractivity contribution in [2.24, 2.45) is 5.73 Å². The Balaban J connectivity index is 2.41. The van der Waals surface area contributed by atoms with Gasteiger partial charge in [-0.1, -0.05) is 22.0 Å². The van der Waals surface area contributed by atoms with E-state index in [2.05, 4.69) is 25.9 Å². The molecule has 0 aliphatic heterocycles. The molecular formula is C13H10BrN3O. The summed E-state index contributed by atoms with van der Waals surface area (Å²) in [6.07, 6.45) is 7.94. The molecule has 4 nitrogen and oxygen atoms in total. The van der Waals surface area contributed by atoms with Crippen LogP contribution in [0, 0.1) is 0 Å². The minimum absolute atomic E-state index is 0.477. The maximum absolute atomic E-state index is 10.7. The molecule has 5 heteroatoms. The Bertz CT molecular complexity index is 596. The lowest BCUT2D eigenvalue weighted by Crippen LogP contribution is -2.05. The van der Waals surface area contributed by atoms with Gasteiger partial charge in [-0.05, 0) is 29.3 Å². The van der Waals surface area contributed by atoms with Crippen LogP contribution in [0.1, 0.15) is 5.56 Å². The zero-order chi connectivity index (χ0) is 13.0. The number of nitrogens with two attached hydrogens (primary N) is 1. The van der Waals surface area contributed by atoms with Gasteiger partial charge in [0.05, 0.1) is 0 Å². The van der Waals surface area contributed by atoms with Crippen LogP contribution in [0.3, 0.4) is 0 Å². The van der Waals surface area contributed by atoms with Crippen molar-refractivity contribution in [3.05, 3.63) is 53.0 Å². The highest BCUT2D eigenvalue weighted by Crippen LogP contribution is 2.25. The maximum atomic E-state index is 10.7. The van der Waals surface area contributed by atoms with E-state index in [1.807, 2.05) is 18.2 Å². The molecule has 0 fully saturated rings. The molecule has 1 amide bonds. The van der Waals surface area contributed by atoms with Crippen molar-refractivity contribution in [2.45, 2.75) is 0 Å². The van der Waals surface area contributed by atoms with Crippen LogP contribution in [0.4, 0.5) is 0 Å². The van der Waals surface area contributed by atoms with Crippen LogP contribution in [-0.4, -0.2) is 15.9 Å². The Morgan fingerprint density at radius 3 is 2.61 bits per heavy atom. The molecule has 1 heterocycles. The third-order valence-corrected chi connectivity index (χ3v) is 3.04. The summed E-state index contributed by atoms with van der Waals surface area (Å²) in [5.74, 6) is -0.477. The number of hydrogen-bond acceptors (Lipinski definition) is 3. The second-order valence-electron chi connectivity index (χ2n) is 3.60. The molecule has 1 aromatic carbocycles. The fraction of sp³-hybridized carbons (Fsp3) is 0. The minimum Gasteiger partial charge on any atom is -0.366 e. The number of nitrogens with zero attached hydrogens (tertiary/aromatic N) is 2. The van der Waals surface area contributed by atoms with Gasteiger partial charge >= 0.3 is 0 Å². The van der Waals surface area contributed by atoms with E-state index in [1.165, 1.54) is 12.4 Å². The predicted molar refractivity (Wildman–Crippen MR) is 73.4 cm³/mol. The van der Waals surface area contributed by atoms with E-state index in [1.54, 1.807) is 18.5 Å².